The first-order valence-corrected chi connectivity index (χ1v) is 17.1. The van der Waals surface area contributed by atoms with Crippen LogP contribution in [-0.4, -0.2) is 75.2 Å². The van der Waals surface area contributed by atoms with Gasteiger partial charge in [0.15, 0.2) is 0 Å². The van der Waals surface area contributed by atoms with Crippen LogP contribution >= 0.6 is 0 Å². The molecule has 0 radical (unpaired) electrons. The summed E-state index contributed by atoms with van der Waals surface area (Å²) in [6, 6.07) is -1.42. The fraction of sp³-hybridized carbons (Fsp3) is 0.838. The summed E-state index contributed by atoms with van der Waals surface area (Å²) >= 11 is 0. The van der Waals surface area contributed by atoms with Crippen LogP contribution in [0.5, 0.6) is 0 Å². The zero-order valence-electron chi connectivity index (χ0n) is 31.3. The van der Waals surface area contributed by atoms with Gasteiger partial charge in [0.2, 0.25) is 29.5 Å². The Bertz CT molecular complexity index is 1130. The molecule has 0 aromatic heterocycles. The normalized spacial score (nSPS) is 28.9. The van der Waals surface area contributed by atoms with Crippen molar-refractivity contribution >= 4 is 35.3 Å². The van der Waals surface area contributed by atoms with Crippen LogP contribution in [0.15, 0.2) is 0 Å². The van der Waals surface area contributed by atoms with E-state index >= 15 is 0 Å². The molecule has 3 aliphatic heterocycles. The highest BCUT2D eigenvalue weighted by molar-refractivity contribution is 6.07. The number of carbonyl (C=O) groups excluding carboxylic acids is 6. The number of Topliss-reactive ketones (excluding diaryl/α,β-unsaturated/α-hetero) is 1. The van der Waals surface area contributed by atoms with Crippen LogP contribution in [0.3, 0.4) is 0 Å². The third-order valence-electron chi connectivity index (χ3n) is 10.3. The van der Waals surface area contributed by atoms with Gasteiger partial charge in [-0.05, 0) is 28.1 Å². The number of rotatable bonds is 5. The minimum Gasteiger partial charge on any atom is -0.339 e. The van der Waals surface area contributed by atoms with Gasteiger partial charge >= 0.3 is 0 Å². The lowest BCUT2D eigenvalue weighted by Gasteiger charge is -2.43. The molecule has 0 spiro atoms. The highest BCUT2D eigenvalue weighted by atomic mass is 16.2. The Hall–Kier alpha value is -2.58. The van der Waals surface area contributed by atoms with E-state index in [2.05, 4.69) is 0 Å². The van der Waals surface area contributed by atoms with E-state index in [9.17, 15) is 28.8 Å². The number of hydrogen-bond donors (Lipinski definition) is 0. The van der Waals surface area contributed by atoms with Gasteiger partial charge in [0.05, 0.1) is 35.8 Å². The Morgan fingerprint density at radius 2 is 0.804 bits per heavy atom. The van der Waals surface area contributed by atoms with Crippen LogP contribution in [0, 0.1) is 50.7 Å². The van der Waals surface area contributed by atoms with Gasteiger partial charge in [-0.25, -0.2) is 0 Å². The first-order valence-electron chi connectivity index (χ1n) is 17.1. The number of imide groups is 2. The topological polar surface area (TPSA) is 112 Å². The molecular formula is C37H61N3O6. The van der Waals surface area contributed by atoms with E-state index in [0.717, 1.165) is 0 Å². The maximum Gasteiger partial charge on any atom is 0.233 e. The molecule has 3 saturated heterocycles. The maximum absolute atomic E-state index is 14.3. The van der Waals surface area contributed by atoms with Crippen molar-refractivity contribution in [1.29, 1.82) is 0 Å². The largest absolute Gasteiger partial charge is 0.339 e. The van der Waals surface area contributed by atoms with Gasteiger partial charge in [-0.1, -0.05) is 104 Å². The van der Waals surface area contributed by atoms with Crippen LogP contribution in [0.2, 0.25) is 0 Å². The number of hydrogen-bond acceptors (Lipinski definition) is 6. The summed E-state index contributed by atoms with van der Waals surface area (Å²) in [5.41, 5.74) is -2.55. The lowest BCUT2D eigenvalue weighted by Crippen LogP contribution is -2.61. The zero-order valence-corrected chi connectivity index (χ0v) is 31.3. The van der Waals surface area contributed by atoms with Crippen molar-refractivity contribution in [2.45, 2.75) is 135 Å². The Kier molecular flexibility index (Phi) is 10.00. The molecule has 3 aliphatic rings. The Labute approximate surface area is 277 Å². The standard InChI is InChI=1S/C37H61N3O6/c1-33(2,3)23(41)16-17-24(42)38-19-21(39-29(43)25(34(4,5)6)26(30(39)44)35(7,8)9)18-22(20-38)40-31(45)27(36(10,11)12)28(32(40)46)37(13,14)15/h21-22,25-28H,16-20H2,1-15H3/t21-,22+,25?,26?,27?,28?. The van der Waals surface area contributed by atoms with Crippen LogP contribution < -0.4 is 0 Å². The van der Waals surface area contributed by atoms with Crippen molar-refractivity contribution in [2.75, 3.05) is 13.1 Å². The summed E-state index contributed by atoms with van der Waals surface area (Å²) in [4.78, 5) is 87.8. The van der Waals surface area contributed by atoms with Crippen LogP contribution in [0.4, 0.5) is 0 Å². The monoisotopic (exact) mass is 643 g/mol. The molecule has 0 aromatic carbocycles. The molecular weight excluding hydrogens is 582 g/mol. The molecule has 9 heteroatoms. The number of nitrogens with zero attached hydrogens (tertiary/aromatic N) is 3. The second kappa shape index (κ2) is 12.1. The first kappa shape index (κ1) is 37.9. The third kappa shape index (κ3) is 7.28. The van der Waals surface area contributed by atoms with Crippen LogP contribution in [0.1, 0.15) is 123 Å². The number of piperidine rings is 1. The molecule has 0 bridgehead atoms. The predicted molar refractivity (Wildman–Crippen MR) is 178 cm³/mol. The van der Waals surface area contributed by atoms with Gasteiger partial charge in [0.25, 0.3) is 0 Å². The van der Waals surface area contributed by atoms with Gasteiger partial charge in [-0.3, -0.25) is 38.6 Å². The minimum atomic E-state index is -0.708. The van der Waals surface area contributed by atoms with Gasteiger partial charge < -0.3 is 4.90 Å². The van der Waals surface area contributed by atoms with Crippen LogP contribution in [-0.2, 0) is 28.8 Å². The summed E-state index contributed by atoms with van der Waals surface area (Å²) < 4.78 is 0. The fourth-order valence-corrected chi connectivity index (χ4v) is 7.97. The highest BCUT2D eigenvalue weighted by Gasteiger charge is 2.61. The molecule has 5 amide bonds. The Morgan fingerprint density at radius 1 is 0.522 bits per heavy atom. The molecule has 0 aromatic rings. The summed E-state index contributed by atoms with van der Waals surface area (Å²) in [5, 5.41) is 0. The molecule has 260 valence electrons. The lowest BCUT2D eigenvalue weighted by atomic mass is 9.65. The lowest BCUT2D eigenvalue weighted by molar-refractivity contribution is -0.152. The average molecular weight is 644 g/mol. The molecule has 0 aliphatic carbocycles. The number of likely N-dealkylation sites (tertiary alicyclic amines) is 3. The Balaban J connectivity index is 2.09. The second-order valence-electron chi connectivity index (χ2n) is 19.5. The molecule has 9 nitrogen and oxygen atoms in total. The van der Waals surface area contributed by atoms with Gasteiger partial charge in [0.1, 0.15) is 5.78 Å². The molecule has 6 atom stereocenters. The molecule has 46 heavy (non-hydrogen) atoms. The number of ketones is 1. The second-order valence-corrected chi connectivity index (χ2v) is 19.5. The van der Waals surface area contributed by atoms with E-state index in [1.54, 1.807) is 4.90 Å². The predicted octanol–water partition coefficient (Wildman–Crippen LogP) is 5.74. The summed E-state index contributed by atoms with van der Waals surface area (Å²) in [7, 11) is 0. The summed E-state index contributed by atoms with van der Waals surface area (Å²) in [5.74, 6) is -3.61. The Morgan fingerprint density at radius 3 is 1.04 bits per heavy atom. The smallest absolute Gasteiger partial charge is 0.233 e. The molecule has 3 fully saturated rings. The first-order chi connectivity index (χ1) is 20.5. The third-order valence-corrected chi connectivity index (χ3v) is 10.3. The van der Waals surface area contributed by atoms with E-state index in [0.29, 0.717) is 0 Å². The zero-order chi connectivity index (χ0) is 35.7. The molecule has 3 rings (SSSR count). The van der Waals surface area contributed by atoms with E-state index < -0.39 is 62.8 Å². The van der Waals surface area contributed by atoms with E-state index in [4.69, 9.17) is 0 Å². The average Bonchev–Trinajstić information content (AvgIpc) is 3.29. The van der Waals surface area contributed by atoms with Crippen molar-refractivity contribution in [3.05, 3.63) is 0 Å². The summed E-state index contributed by atoms with van der Waals surface area (Å²) in [6.07, 6.45) is 0.249. The van der Waals surface area contributed by atoms with Gasteiger partial charge in [-0.15, -0.1) is 0 Å². The van der Waals surface area contributed by atoms with Crippen molar-refractivity contribution in [2.24, 2.45) is 50.7 Å². The van der Waals surface area contributed by atoms with Gasteiger partial charge in [-0.2, -0.15) is 0 Å². The summed E-state index contributed by atoms with van der Waals surface area (Å²) in [6.45, 7) is 29.3. The number of carbonyl (C=O) groups is 6. The van der Waals surface area contributed by atoms with Crippen LogP contribution in [0.25, 0.3) is 0 Å². The fourth-order valence-electron chi connectivity index (χ4n) is 7.97. The SMILES string of the molecule is CC(C)(C)C(=O)CCC(=O)N1C[C@H](N2C(=O)C(C(C)(C)C)C(C(C)(C)C)C2=O)C[C@H](N2C(=O)C(C(C)(C)C)C(C(C)(C)C)C2=O)C1. The van der Waals surface area contributed by atoms with E-state index in [1.165, 1.54) is 9.80 Å². The van der Waals surface area contributed by atoms with Gasteiger partial charge in [0, 0.05) is 31.3 Å². The molecule has 0 N–H and O–H groups in total. The van der Waals surface area contributed by atoms with Crippen molar-refractivity contribution in [1.82, 2.24) is 14.7 Å². The van der Waals surface area contributed by atoms with Crippen molar-refractivity contribution < 1.29 is 28.8 Å². The molecule has 4 unspecified atom stereocenters. The van der Waals surface area contributed by atoms with Crippen molar-refractivity contribution in [3.8, 4) is 0 Å². The minimum absolute atomic E-state index is 0.0240. The van der Waals surface area contributed by atoms with E-state index in [-0.39, 0.29) is 67.7 Å². The highest BCUT2D eigenvalue weighted by Crippen LogP contribution is 2.50. The van der Waals surface area contributed by atoms with Crippen molar-refractivity contribution in [3.63, 3.8) is 0 Å². The molecule has 0 saturated carbocycles. The quantitative estimate of drug-likeness (QED) is 0.354. The number of amides is 5. The molecule has 3 heterocycles. The van der Waals surface area contributed by atoms with E-state index in [1.807, 2.05) is 104 Å². The maximum atomic E-state index is 14.3.